The molecule has 2 fully saturated rings. The van der Waals surface area contributed by atoms with E-state index >= 15 is 0 Å². The number of amides is 4. The van der Waals surface area contributed by atoms with Crippen molar-refractivity contribution in [1.82, 2.24) is 9.80 Å². The SMILES string of the molecule is O=C(CN1C(=O)C2CCCN2C1=O)Nc1ccc(F)c(F)c1. The molecular weight excluding hydrogens is 296 g/mol. The van der Waals surface area contributed by atoms with Crippen LogP contribution in [0.1, 0.15) is 12.8 Å². The van der Waals surface area contributed by atoms with Crippen molar-refractivity contribution in [3.63, 3.8) is 0 Å². The predicted molar refractivity (Wildman–Crippen MR) is 71.8 cm³/mol. The van der Waals surface area contributed by atoms with E-state index in [1.165, 1.54) is 11.0 Å². The van der Waals surface area contributed by atoms with E-state index in [-0.39, 0.29) is 11.6 Å². The summed E-state index contributed by atoms with van der Waals surface area (Å²) in [6, 6.07) is 1.96. The van der Waals surface area contributed by atoms with Gasteiger partial charge in [-0.25, -0.2) is 13.6 Å². The molecule has 2 aliphatic rings. The minimum atomic E-state index is -1.09. The van der Waals surface area contributed by atoms with Gasteiger partial charge >= 0.3 is 6.03 Å². The lowest BCUT2D eigenvalue weighted by atomic mass is 10.2. The van der Waals surface area contributed by atoms with Crippen molar-refractivity contribution in [3.8, 4) is 0 Å². The van der Waals surface area contributed by atoms with Gasteiger partial charge < -0.3 is 10.2 Å². The molecule has 1 N–H and O–H groups in total. The van der Waals surface area contributed by atoms with Crippen molar-refractivity contribution in [2.75, 3.05) is 18.4 Å². The fourth-order valence-corrected chi connectivity index (χ4v) is 2.75. The number of carbonyl (C=O) groups excluding carboxylic acids is 3. The molecule has 0 aliphatic carbocycles. The molecule has 6 nitrogen and oxygen atoms in total. The average Bonchev–Trinajstić information content (AvgIpc) is 3.03. The second-order valence-electron chi connectivity index (χ2n) is 5.24. The molecule has 1 aromatic carbocycles. The second kappa shape index (κ2) is 5.36. The van der Waals surface area contributed by atoms with Crippen LogP contribution in [0.2, 0.25) is 0 Å². The quantitative estimate of drug-likeness (QED) is 0.856. The molecule has 0 radical (unpaired) electrons. The van der Waals surface area contributed by atoms with E-state index in [4.69, 9.17) is 0 Å². The molecule has 4 amide bonds. The summed E-state index contributed by atoms with van der Waals surface area (Å²) >= 11 is 0. The number of benzene rings is 1. The number of hydrogen-bond acceptors (Lipinski definition) is 3. The number of rotatable bonds is 3. The Morgan fingerprint density at radius 1 is 1.27 bits per heavy atom. The molecule has 0 aromatic heterocycles. The van der Waals surface area contributed by atoms with Crippen LogP contribution in [-0.2, 0) is 9.59 Å². The third-order valence-corrected chi connectivity index (χ3v) is 3.79. The van der Waals surface area contributed by atoms with Crippen LogP contribution in [-0.4, -0.2) is 46.8 Å². The Kier molecular flexibility index (Phi) is 3.51. The zero-order chi connectivity index (χ0) is 15.9. The highest BCUT2D eigenvalue weighted by atomic mass is 19.2. The smallest absolute Gasteiger partial charge is 0.324 e. The van der Waals surface area contributed by atoms with Crippen molar-refractivity contribution in [1.29, 1.82) is 0 Å². The largest absolute Gasteiger partial charge is 0.327 e. The molecule has 1 atom stereocenters. The summed E-state index contributed by atoms with van der Waals surface area (Å²) in [5.41, 5.74) is 0.0588. The molecule has 0 saturated carbocycles. The average molecular weight is 309 g/mol. The Morgan fingerprint density at radius 2 is 2.05 bits per heavy atom. The van der Waals surface area contributed by atoms with Gasteiger partial charge in [0, 0.05) is 18.3 Å². The lowest BCUT2D eigenvalue weighted by Crippen LogP contribution is -2.39. The molecule has 0 spiro atoms. The Hall–Kier alpha value is -2.51. The van der Waals surface area contributed by atoms with Crippen molar-refractivity contribution in [2.45, 2.75) is 18.9 Å². The van der Waals surface area contributed by atoms with Gasteiger partial charge in [0.25, 0.3) is 5.91 Å². The van der Waals surface area contributed by atoms with Crippen LogP contribution in [0.3, 0.4) is 0 Å². The van der Waals surface area contributed by atoms with Gasteiger partial charge in [-0.3, -0.25) is 14.5 Å². The van der Waals surface area contributed by atoms with Crippen LogP contribution in [0, 0.1) is 11.6 Å². The Labute approximate surface area is 124 Å². The zero-order valence-corrected chi connectivity index (χ0v) is 11.5. The van der Waals surface area contributed by atoms with Gasteiger partial charge in [-0.05, 0) is 25.0 Å². The molecule has 2 saturated heterocycles. The monoisotopic (exact) mass is 309 g/mol. The van der Waals surface area contributed by atoms with Crippen molar-refractivity contribution in [2.24, 2.45) is 0 Å². The molecule has 2 heterocycles. The van der Waals surface area contributed by atoms with Crippen LogP contribution >= 0.6 is 0 Å². The van der Waals surface area contributed by atoms with Crippen LogP contribution in [0.4, 0.5) is 19.3 Å². The molecule has 0 bridgehead atoms. The van der Waals surface area contributed by atoms with E-state index in [1.54, 1.807) is 0 Å². The summed E-state index contributed by atoms with van der Waals surface area (Å²) in [5, 5.41) is 2.33. The molecule has 116 valence electrons. The summed E-state index contributed by atoms with van der Waals surface area (Å²) < 4.78 is 25.9. The minimum Gasteiger partial charge on any atom is -0.324 e. The number of carbonyl (C=O) groups is 3. The normalized spacial score (nSPS) is 20.5. The maximum atomic E-state index is 13.1. The van der Waals surface area contributed by atoms with Crippen LogP contribution in [0.15, 0.2) is 18.2 Å². The highest BCUT2D eigenvalue weighted by molar-refractivity contribution is 6.08. The first-order valence-corrected chi connectivity index (χ1v) is 6.84. The number of imide groups is 1. The molecule has 1 aromatic rings. The highest BCUT2D eigenvalue weighted by Gasteiger charge is 2.47. The molecule has 22 heavy (non-hydrogen) atoms. The van der Waals surface area contributed by atoms with E-state index in [9.17, 15) is 23.2 Å². The molecule has 3 rings (SSSR count). The van der Waals surface area contributed by atoms with Crippen molar-refractivity contribution < 1.29 is 23.2 Å². The van der Waals surface area contributed by atoms with E-state index in [0.717, 1.165) is 23.5 Å². The van der Waals surface area contributed by atoms with Gasteiger partial charge in [0.15, 0.2) is 11.6 Å². The first kappa shape index (κ1) is 14.4. The minimum absolute atomic E-state index is 0.0588. The fourth-order valence-electron chi connectivity index (χ4n) is 2.75. The number of nitrogens with zero attached hydrogens (tertiary/aromatic N) is 2. The first-order chi connectivity index (χ1) is 10.5. The van der Waals surface area contributed by atoms with Gasteiger partial charge in [-0.15, -0.1) is 0 Å². The van der Waals surface area contributed by atoms with Crippen LogP contribution in [0.25, 0.3) is 0 Å². The third-order valence-electron chi connectivity index (χ3n) is 3.79. The summed E-state index contributed by atoms with van der Waals surface area (Å²) in [7, 11) is 0. The van der Waals surface area contributed by atoms with Gasteiger partial charge in [0.1, 0.15) is 12.6 Å². The van der Waals surface area contributed by atoms with Gasteiger partial charge in [-0.1, -0.05) is 0 Å². The second-order valence-corrected chi connectivity index (χ2v) is 5.24. The fraction of sp³-hybridized carbons (Fsp3) is 0.357. The number of fused-ring (bicyclic) bond motifs is 1. The van der Waals surface area contributed by atoms with Crippen molar-refractivity contribution in [3.05, 3.63) is 29.8 Å². The molecular formula is C14H13F2N3O3. The van der Waals surface area contributed by atoms with E-state index < -0.39 is 36.2 Å². The molecule has 1 unspecified atom stereocenters. The standard InChI is InChI=1S/C14H13F2N3O3/c15-9-4-3-8(6-10(9)16)17-12(20)7-19-13(21)11-2-1-5-18(11)14(19)22/h3-4,6,11H,1-2,5,7H2,(H,17,20). The Balaban J connectivity index is 1.66. The summed E-state index contributed by atoms with van der Waals surface area (Å²) in [4.78, 5) is 38.3. The maximum absolute atomic E-state index is 13.1. The highest BCUT2D eigenvalue weighted by Crippen LogP contribution is 2.27. The topological polar surface area (TPSA) is 69.7 Å². The van der Waals surface area contributed by atoms with E-state index in [1.807, 2.05) is 0 Å². The van der Waals surface area contributed by atoms with E-state index in [0.29, 0.717) is 13.0 Å². The number of anilines is 1. The maximum Gasteiger partial charge on any atom is 0.327 e. The molecule has 2 aliphatic heterocycles. The van der Waals surface area contributed by atoms with Crippen LogP contribution in [0.5, 0.6) is 0 Å². The summed E-state index contributed by atoms with van der Waals surface area (Å²) in [6.45, 7) is 0.0696. The van der Waals surface area contributed by atoms with Crippen LogP contribution < -0.4 is 5.32 Å². The zero-order valence-electron chi connectivity index (χ0n) is 11.5. The number of hydrogen-bond donors (Lipinski definition) is 1. The number of halogens is 2. The Bertz CT molecular complexity index is 643. The van der Waals surface area contributed by atoms with Gasteiger partial charge in [0.05, 0.1) is 0 Å². The lowest BCUT2D eigenvalue weighted by molar-refractivity contribution is -0.131. The number of urea groups is 1. The van der Waals surface area contributed by atoms with Crippen molar-refractivity contribution >= 4 is 23.5 Å². The number of nitrogens with one attached hydrogen (secondary N) is 1. The molecule has 8 heteroatoms. The summed E-state index contributed by atoms with van der Waals surface area (Å²) in [5.74, 6) is -3.15. The van der Waals surface area contributed by atoms with Gasteiger partial charge in [0.2, 0.25) is 5.91 Å². The first-order valence-electron chi connectivity index (χ1n) is 6.84. The predicted octanol–water partition coefficient (Wildman–Crippen LogP) is 1.33. The third kappa shape index (κ3) is 2.40. The Morgan fingerprint density at radius 3 is 2.73 bits per heavy atom. The lowest BCUT2D eigenvalue weighted by Gasteiger charge is -2.15. The summed E-state index contributed by atoms with van der Waals surface area (Å²) in [6.07, 6.45) is 1.38. The van der Waals surface area contributed by atoms with Gasteiger partial charge in [-0.2, -0.15) is 0 Å². The van der Waals surface area contributed by atoms with E-state index in [2.05, 4.69) is 5.32 Å².